The zero-order valence-electron chi connectivity index (χ0n) is 16.9. The Morgan fingerprint density at radius 1 is 0.724 bits per heavy atom. The molecule has 15 atom stereocenters. The van der Waals surface area contributed by atoms with Crippen LogP contribution in [0.2, 0.25) is 0 Å². The normalized spacial score (nSPS) is 65.1. The Labute approximate surface area is 172 Å². The van der Waals surface area contributed by atoms with Crippen molar-refractivity contribution in [1.29, 1.82) is 0 Å². The van der Waals surface area contributed by atoms with Crippen LogP contribution in [-0.4, -0.2) is 12.9 Å². The zero-order chi connectivity index (χ0) is 18.6. The van der Waals surface area contributed by atoms with Gasteiger partial charge in [0.25, 0.3) is 0 Å². The molecule has 0 N–H and O–H groups in total. The predicted molar refractivity (Wildman–Crippen MR) is 108 cm³/mol. The summed E-state index contributed by atoms with van der Waals surface area (Å²) in [5, 5.41) is 0. The van der Waals surface area contributed by atoms with Crippen LogP contribution in [0, 0.1) is 88.3 Å². The molecule has 0 spiro atoms. The second kappa shape index (κ2) is 4.63. The molecule has 8 saturated carbocycles. The van der Waals surface area contributed by atoms with Gasteiger partial charge in [0.1, 0.15) is 18.6 Å². The first-order valence-electron chi connectivity index (χ1n) is 12.5. The van der Waals surface area contributed by atoms with E-state index in [4.69, 9.17) is 4.74 Å². The van der Waals surface area contributed by atoms with E-state index < -0.39 is 0 Å². The number of carbonyl (C=O) groups is 1. The quantitative estimate of drug-likeness (QED) is 0.710. The van der Waals surface area contributed by atoms with Gasteiger partial charge in [-0.1, -0.05) is 18.2 Å². The Balaban J connectivity index is 1.23. The van der Waals surface area contributed by atoms with Crippen molar-refractivity contribution in [3.05, 3.63) is 30.3 Å². The van der Waals surface area contributed by atoms with Crippen LogP contribution in [0.4, 0.5) is 0 Å². The lowest BCUT2D eigenvalue weighted by Crippen LogP contribution is -2.45. The highest BCUT2D eigenvalue weighted by molar-refractivity contribution is 5.64. The van der Waals surface area contributed by atoms with Crippen molar-refractivity contribution in [2.24, 2.45) is 88.3 Å². The van der Waals surface area contributed by atoms with E-state index in [1.807, 2.05) is 6.07 Å². The van der Waals surface area contributed by atoms with Crippen molar-refractivity contribution < 1.29 is 9.53 Å². The van der Waals surface area contributed by atoms with Crippen molar-refractivity contribution in [3.8, 4) is 5.75 Å². The van der Waals surface area contributed by atoms with Crippen LogP contribution in [0.1, 0.15) is 25.7 Å². The third-order valence-electron chi connectivity index (χ3n) is 12.6. The molecule has 150 valence electrons. The predicted octanol–water partition coefficient (Wildman–Crippen LogP) is 4.55. The van der Waals surface area contributed by atoms with Gasteiger partial charge in [-0.15, -0.1) is 0 Å². The summed E-state index contributed by atoms with van der Waals surface area (Å²) in [5.41, 5.74) is -0.195. The third-order valence-corrected chi connectivity index (χ3v) is 12.6. The summed E-state index contributed by atoms with van der Waals surface area (Å²) in [4.78, 5) is 13.2. The molecule has 8 aliphatic rings. The van der Waals surface area contributed by atoms with Crippen molar-refractivity contribution in [2.45, 2.75) is 25.7 Å². The number of ether oxygens (including phenoxy) is 1. The molecule has 0 amide bonds. The highest BCUT2D eigenvalue weighted by atomic mass is 16.5. The summed E-state index contributed by atoms with van der Waals surface area (Å²) in [6.45, 7) is 0.651. The molecule has 1 aromatic carbocycles. The monoisotopic (exact) mass is 386 g/mol. The summed E-state index contributed by atoms with van der Waals surface area (Å²) < 4.78 is 6.46. The fraction of sp³-hybridized carbons (Fsp3) is 0.741. The Bertz CT molecular complexity index is 878. The molecule has 8 fully saturated rings. The van der Waals surface area contributed by atoms with Crippen molar-refractivity contribution >= 4 is 6.29 Å². The van der Waals surface area contributed by atoms with E-state index in [2.05, 4.69) is 24.3 Å². The molecular weight excluding hydrogens is 356 g/mol. The first-order valence-corrected chi connectivity index (χ1v) is 12.5. The van der Waals surface area contributed by atoms with E-state index >= 15 is 0 Å². The molecule has 9 rings (SSSR count). The SMILES string of the molecule is O=CC1(COc2ccccc2)[C@@H]2[C@@H]3CC[C@@H]4C5C6[C@H]7[C@H]8[C@@H](CC[C@@H]58)[C@H]1[C@@H]7[C@H]2[C@H]6[C@H]34. The standard InChI is InChI=1S/C27H30O2/c28-10-27(11-29-12-4-2-1-3-5-12)25-15-8-6-13-17-14-7-9-16-19(14)22-20(17)21(18(13)15)23(25)24(22)26(16)27/h1-5,10,13-26H,6-9,11H2/t13-,14+,15-,16-,17?,18+,19-,20?,21+,22-,23-,24+,25-,26+,27?/m1/s1. The van der Waals surface area contributed by atoms with Crippen LogP contribution in [0.5, 0.6) is 5.75 Å². The van der Waals surface area contributed by atoms with Gasteiger partial charge in [-0.25, -0.2) is 0 Å². The van der Waals surface area contributed by atoms with Gasteiger partial charge in [0, 0.05) is 0 Å². The maximum Gasteiger partial charge on any atom is 0.130 e. The summed E-state index contributed by atoms with van der Waals surface area (Å²) >= 11 is 0. The van der Waals surface area contributed by atoms with Crippen molar-refractivity contribution in [3.63, 3.8) is 0 Å². The van der Waals surface area contributed by atoms with Gasteiger partial charge in [-0.05, 0) is 121 Å². The second-order valence-corrected chi connectivity index (χ2v) is 12.3. The first-order chi connectivity index (χ1) is 14.3. The van der Waals surface area contributed by atoms with Gasteiger partial charge in [0.15, 0.2) is 0 Å². The molecule has 8 aliphatic carbocycles. The number of fused-ring (bicyclic) bond motifs is 4. The topological polar surface area (TPSA) is 26.3 Å². The molecule has 0 bridgehead atoms. The number of para-hydroxylation sites is 1. The number of rotatable bonds is 4. The van der Waals surface area contributed by atoms with E-state index in [-0.39, 0.29) is 5.41 Å². The molecule has 1 aromatic rings. The zero-order valence-corrected chi connectivity index (χ0v) is 16.9. The maximum atomic E-state index is 13.2. The molecule has 2 nitrogen and oxygen atoms in total. The molecule has 0 aromatic heterocycles. The fourth-order valence-electron chi connectivity index (χ4n) is 13.1. The summed E-state index contributed by atoms with van der Waals surface area (Å²) in [6, 6.07) is 10.3. The number of benzene rings is 1. The maximum absolute atomic E-state index is 13.2. The molecule has 29 heavy (non-hydrogen) atoms. The number of carbonyl (C=O) groups excluding carboxylic acids is 1. The van der Waals surface area contributed by atoms with E-state index in [0.717, 1.165) is 76.8 Å². The van der Waals surface area contributed by atoms with Crippen LogP contribution in [0.25, 0.3) is 0 Å². The van der Waals surface area contributed by atoms with Gasteiger partial charge >= 0.3 is 0 Å². The first kappa shape index (κ1) is 15.5. The van der Waals surface area contributed by atoms with E-state index in [1.165, 1.54) is 32.0 Å². The second-order valence-electron chi connectivity index (χ2n) is 12.3. The Morgan fingerprint density at radius 2 is 1.24 bits per heavy atom. The molecular formula is C27H30O2. The lowest BCUT2D eigenvalue weighted by molar-refractivity contribution is -0.126. The Kier molecular flexibility index (Phi) is 2.47. The van der Waals surface area contributed by atoms with Gasteiger partial charge in [0.2, 0.25) is 0 Å². The van der Waals surface area contributed by atoms with Gasteiger partial charge < -0.3 is 9.53 Å². The minimum atomic E-state index is -0.195. The summed E-state index contributed by atoms with van der Waals surface area (Å²) in [7, 11) is 0. The summed E-state index contributed by atoms with van der Waals surface area (Å²) in [5.74, 6) is 13.9. The molecule has 2 heteroatoms. The third kappa shape index (κ3) is 1.35. The van der Waals surface area contributed by atoms with Crippen LogP contribution >= 0.6 is 0 Å². The van der Waals surface area contributed by atoms with Crippen LogP contribution in [-0.2, 0) is 4.79 Å². The Hall–Kier alpha value is -1.31. The smallest absolute Gasteiger partial charge is 0.130 e. The lowest BCUT2D eigenvalue weighted by atomic mass is 9.63. The van der Waals surface area contributed by atoms with Crippen LogP contribution in [0.15, 0.2) is 30.3 Å². The molecule has 0 saturated heterocycles. The van der Waals surface area contributed by atoms with E-state index in [1.54, 1.807) is 0 Å². The van der Waals surface area contributed by atoms with Gasteiger partial charge in [-0.2, -0.15) is 0 Å². The minimum absolute atomic E-state index is 0.195. The lowest BCUT2D eigenvalue weighted by Gasteiger charge is -2.41. The number of hydrogen-bond acceptors (Lipinski definition) is 2. The number of aldehydes is 1. The van der Waals surface area contributed by atoms with Gasteiger partial charge in [0.05, 0.1) is 5.41 Å². The molecule has 0 heterocycles. The van der Waals surface area contributed by atoms with E-state index in [0.29, 0.717) is 18.4 Å². The molecule has 0 radical (unpaired) electrons. The fourth-order valence-corrected chi connectivity index (χ4v) is 13.1. The molecule has 3 unspecified atom stereocenters. The van der Waals surface area contributed by atoms with Crippen molar-refractivity contribution in [1.82, 2.24) is 0 Å². The summed E-state index contributed by atoms with van der Waals surface area (Å²) in [6.07, 6.45) is 7.28. The van der Waals surface area contributed by atoms with Crippen LogP contribution in [0.3, 0.4) is 0 Å². The van der Waals surface area contributed by atoms with Crippen LogP contribution < -0.4 is 4.74 Å². The highest BCUT2D eigenvalue weighted by Gasteiger charge is 2.87. The highest BCUT2D eigenvalue weighted by Crippen LogP contribution is 2.90. The van der Waals surface area contributed by atoms with E-state index in [9.17, 15) is 4.79 Å². The van der Waals surface area contributed by atoms with Crippen molar-refractivity contribution in [2.75, 3.05) is 6.61 Å². The Morgan fingerprint density at radius 3 is 1.83 bits per heavy atom. The largest absolute Gasteiger partial charge is 0.493 e. The average Bonchev–Trinajstić information content (AvgIpc) is 3.53. The average molecular weight is 387 g/mol. The van der Waals surface area contributed by atoms with Gasteiger partial charge in [-0.3, -0.25) is 0 Å². The number of hydrogen-bond donors (Lipinski definition) is 0. The minimum Gasteiger partial charge on any atom is -0.493 e. The molecule has 0 aliphatic heterocycles.